The minimum atomic E-state index is -3.38. The Morgan fingerprint density at radius 2 is 2.22 bits per heavy atom. The van der Waals surface area contributed by atoms with Crippen LogP contribution < -0.4 is 4.72 Å². The molecule has 7 nitrogen and oxygen atoms in total. The second-order valence-electron chi connectivity index (χ2n) is 3.42. The van der Waals surface area contributed by atoms with E-state index in [1.807, 2.05) is 0 Å². The Labute approximate surface area is 109 Å². The third-order valence-electron chi connectivity index (χ3n) is 2.21. The Kier molecular flexibility index (Phi) is 3.48. The molecule has 0 spiro atoms. The van der Waals surface area contributed by atoms with Crippen molar-refractivity contribution < 1.29 is 8.42 Å². The molecule has 1 aromatic carbocycles. The van der Waals surface area contributed by atoms with Crippen molar-refractivity contribution in [3.8, 4) is 5.69 Å². The van der Waals surface area contributed by atoms with Crippen LogP contribution >= 0.6 is 11.6 Å². The van der Waals surface area contributed by atoms with E-state index in [9.17, 15) is 8.42 Å². The highest BCUT2D eigenvalue weighted by Crippen LogP contribution is 2.25. The van der Waals surface area contributed by atoms with E-state index in [0.29, 0.717) is 16.4 Å². The van der Waals surface area contributed by atoms with E-state index < -0.39 is 10.0 Å². The summed E-state index contributed by atoms with van der Waals surface area (Å²) >= 11 is 5.93. The fourth-order valence-corrected chi connectivity index (χ4v) is 2.12. The molecule has 2 aromatic rings. The summed E-state index contributed by atoms with van der Waals surface area (Å²) in [5, 5.41) is 11.0. The molecule has 0 atom stereocenters. The third kappa shape index (κ3) is 2.77. The van der Waals surface area contributed by atoms with Crippen molar-refractivity contribution in [2.45, 2.75) is 6.92 Å². The number of halogens is 1. The van der Waals surface area contributed by atoms with Crippen molar-refractivity contribution in [1.82, 2.24) is 20.2 Å². The number of aromatic nitrogens is 4. The van der Waals surface area contributed by atoms with Crippen LogP contribution in [-0.2, 0) is 10.0 Å². The van der Waals surface area contributed by atoms with E-state index in [1.165, 1.54) is 11.0 Å². The van der Waals surface area contributed by atoms with E-state index >= 15 is 0 Å². The third-order valence-corrected chi connectivity index (χ3v) is 3.83. The second-order valence-corrected chi connectivity index (χ2v) is 5.84. The molecular weight excluding hydrogens is 278 g/mol. The van der Waals surface area contributed by atoms with E-state index in [4.69, 9.17) is 11.6 Å². The Morgan fingerprint density at radius 1 is 1.44 bits per heavy atom. The van der Waals surface area contributed by atoms with Crippen molar-refractivity contribution in [3.05, 3.63) is 29.5 Å². The van der Waals surface area contributed by atoms with E-state index in [1.54, 1.807) is 25.1 Å². The van der Waals surface area contributed by atoms with Crippen LogP contribution in [0.1, 0.15) is 6.92 Å². The summed E-state index contributed by atoms with van der Waals surface area (Å²) in [5.41, 5.74) is 0.907. The maximum absolute atomic E-state index is 11.5. The van der Waals surface area contributed by atoms with Gasteiger partial charge in [0.15, 0.2) is 0 Å². The second kappa shape index (κ2) is 4.91. The Balaban J connectivity index is 2.39. The van der Waals surface area contributed by atoms with Gasteiger partial charge < -0.3 is 0 Å². The van der Waals surface area contributed by atoms with Crippen LogP contribution in [0.15, 0.2) is 24.5 Å². The van der Waals surface area contributed by atoms with Gasteiger partial charge in [-0.2, -0.15) is 0 Å². The summed E-state index contributed by atoms with van der Waals surface area (Å²) in [6.07, 6.45) is 1.40. The predicted molar refractivity (Wildman–Crippen MR) is 67.2 cm³/mol. The number of sulfonamides is 1. The molecule has 0 radical (unpaired) electrons. The molecule has 0 bridgehead atoms. The summed E-state index contributed by atoms with van der Waals surface area (Å²) in [7, 11) is -3.38. The van der Waals surface area contributed by atoms with Gasteiger partial charge in [-0.1, -0.05) is 11.6 Å². The van der Waals surface area contributed by atoms with Gasteiger partial charge in [0.05, 0.1) is 22.2 Å². The number of benzene rings is 1. The minimum absolute atomic E-state index is 0.0293. The summed E-state index contributed by atoms with van der Waals surface area (Å²) in [6, 6.07) is 4.82. The zero-order chi connectivity index (χ0) is 13.2. The number of hydrogen-bond acceptors (Lipinski definition) is 5. The molecule has 2 rings (SSSR count). The summed E-state index contributed by atoms with van der Waals surface area (Å²) in [6.45, 7) is 1.54. The van der Waals surface area contributed by atoms with Gasteiger partial charge in [0.2, 0.25) is 10.0 Å². The highest BCUT2D eigenvalue weighted by Gasteiger charge is 2.11. The molecule has 0 aliphatic heterocycles. The summed E-state index contributed by atoms with van der Waals surface area (Å²) in [4.78, 5) is 0. The molecule has 18 heavy (non-hydrogen) atoms. The van der Waals surface area contributed by atoms with E-state index in [0.717, 1.165) is 0 Å². The molecule has 1 heterocycles. The van der Waals surface area contributed by atoms with Crippen molar-refractivity contribution in [2.75, 3.05) is 10.5 Å². The van der Waals surface area contributed by atoms with Gasteiger partial charge in [-0.3, -0.25) is 4.72 Å². The molecule has 0 fully saturated rings. The molecule has 0 aliphatic carbocycles. The lowest BCUT2D eigenvalue weighted by atomic mass is 10.3. The SMILES string of the molecule is CCS(=O)(=O)Nc1cc(-n2cnnn2)ccc1Cl. The minimum Gasteiger partial charge on any atom is -0.282 e. The van der Waals surface area contributed by atoms with Crippen LogP contribution in [0, 0.1) is 0 Å². The first-order valence-corrected chi connectivity index (χ1v) is 7.08. The smallest absolute Gasteiger partial charge is 0.232 e. The van der Waals surface area contributed by atoms with Gasteiger partial charge in [0.1, 0.15) is 6.33 Å². The lowest BCUT2D eigenvalue weighted by Crippen LogP contribution is -2.15. The number of rotatable bonds is 4. The largest absolute Gasteiger partial charge is 0.282 e. The zero-order valence-electron chi connectivity index (χ0n) is 9.41. The molecule has 0 saturated heterocycles. The number of tetrazole rings is 1. The maximum atomic E-state index is 11.5. The number of nitrogens with zero attached hydrogens (tertiary/aromatic N) is 4. The molecule has 1 aromatic heterocycles. The van der Waals surface area contributed by atoms with Crippen LogP contribution in [0.3, 0.4) is 0 Å². The maximum Gasteiger partial charge on any atom is 0.232 e. The first kappa shape index (κ1) is 12.8. The van der Waals surface area contributed by atoms with Crippen molar-refractivity contribution in [1.29, 1.82) is 0 Å². The number of anilines is 1. The van der Waals surface area contributed by atoms with Crippen molar-refractivity contribution in [2.24, 2.45) is 0 Å². The highest BCUT2D eigenvalue weighted by atomic mass is 35.5. The zero-order valence-corrected chi connectivity index (χ0v) is 11.0. The quantitative estimate of drug-likeness (QED) is 0.909. The predicted octanol–water partition coefficient (Wildman–Crippen LogP) is 1.08. The average molecular weight is 288 g/mol. The van der Waals surface area contributed by atoms with Gasteiger partial charge >= 0.3 is 0 Å². The van der Waals surface area contributed by atoms with Gasteiger partial charge in [-0.05, 0) is 35.5 Å². The van der Waals surface area contributed by atoms with Crippen LogP contribution in [0.4, 0.5) is 5.69 Å². The Bertz CT molecular complexity index is 641. The normalized spacial score (nSPS) is 11.4. The molecule has 96 valence electrons. The molecule has 1 N–H and O–H groups in total. The molecular formula is C9H10ClN5O2S. The molecule has 9 heteroatoms. The van der Waals surface area contributed by atoms with Crippen LogP contribution in [0.25, 0.3) is 5.69 Å². The van der Waals surface area contributed by atoms with E-state index in [-0.39, 0.29) is 5.75 Å². The van der Waals surface area contributed by atoms with Gasteiger partial charge in [0.25, 0.3) is 0 Å². The van der Waals surface area contributed by atoms with Crippen LogP contribution in [0.5, 0.6) is 0 Å². The lowest BCUT2D eigenvalue weighted by molar-refractivity contribution is 0.602. The Morgan fingerprint density at radius 3 is 2.83 bits per heavy atom. The molecule has 0 amide bonds. The molecule has 0 aliphatic rings. The lowest BCUT2D eigenvalue weighted by Gasteiger charge is -2.09. The number of hydrogen-bond donors (Lipinski definition) is 1. The van der Waals surface area contributed by atoms with Gasteiger partial charge in [0, 0.05) is 0 Å². The molecule has 0 saturated carbocycles. The topological polar surface area (TPSA) is 89.8 Å². The summed E-state index contributed by atoms with van der Waals surface area (Å²) < 4.78 is 26.8. The fraction of sp³-hybridized carbons (Fsp3) is 0.222. The number of nitrogens with one attached hydrogen (secondary N) is 1. The Hall–Kier alpha value is -1.67. The van der Waals surface area contributed by atoms with Gasteiger partial charge in [-0.15, -0.1) is 5.10 Å². The van der Waals surface area contributed by atoms with E-state index in [2.05, 4.69) is 20.2 Å². The monoisotopic (exact) mass is 287 g/mol. The average Bonchev–Trinajstić information content (AvgIpc) is 2.85. The first-order valence-electron chi connectivity index (χ1n) is 5.05. The highest BCUT2D eigenvalue weighted by molar-refractivity contribution is 7.92. The van der Waals surface area contributed by atoms with Gasteiger partial charge in [-0.25, -0.2) is 13.1 Å². The summed E-state index contributed by atoms with van der Waals surface area (Å²) in [5.74, 6) is -0.0293. The fourth-order valence-electron chi connectivity index (χ4n) is 1.25. The van der Waals surface area contributed by atoms with Crippen LogP contribution in [-0.4, -0.2) is 34.4 Å². The standard InChI is InChI=1S/C9H10ClN5O2S/c1-2-18(16,17)12-9-5-7(3-4-8(9)10)15-6-11-13-14-15/h3-6,12H,2H2,1H3. The first-order chi connectivity index (χ1) is 8.52. The van der Waals surface area contributed by atoms with Crippen molar-refractivity contribution >= 4 is 27.3 Å². The van der Waals surface area contributed by atoms with Crippen molar-refractivity contribution in [3.63, 3.8) is 0 Å². The molecule has 0 unspecified atom stereocenters. The van der Waals surface area contributed by atoms with Crippen LogP contribution in [0.2, 0.25) is 5.02 Å².